The highest BCUT2D eigenvalue weighted by Gasteiger charge is 2.36. The summed E-state index contributed by atoms with van der Waals surface area (Å²) < 4.78 is 75.0. The number of carboxylic acids is 1. The Bertz CT molecular complexity index is 601. The molecule has 0 aliphatic rings. The molecule has 0 radical (unpaired) electrons. The first kappa shape index (κ1) is 19.2. The summed E-state index contributed by atoms with van der Waals surface area (Å²) in [6.45, 7) is 0. The predicted molar refractivity (Wildman–Crippen MR) is 65.6 cm³/mol. The lowest BCUT2D eigenvalue weighted by molar-refractivity contribution is -0.338. The van der Waals surface area contributed by atoms with Gasteiger partial charge >= 0.3 is 5.97 Å². The Morgan fingerprint density at radius 1 is 0.875 bits per heavy atom. The number of benzene rings is 1. The number of hydrogen-bond donors (Lipinski definition) is 3. The molecule has 0 aliphatic carbocycles. The SMILES string of the molecule is N=C(C(C(=N)N(F)N(F)F)c1ccc(C(=O)O)cc1)N(F)N(F)F. The molecule has 0 aliphatic heterocycles. The molecule has 0 bridgehead atoms. The van der Waals surface area contributed by atoms with Gasteiger partial charge in [-0.3, -0.25) is 10.8 Å². The fourth-order valence-corrected chi connectivity index (χ4v) is 1.64. The van der Waals surface area contributed by atoms with Crippen molar-refractivity contribution >= 4 is 17.6 Å². The van der Waals surface area contributed by atoms with Crippen molar-refractivity contribution in [1.29, 1.82) is 10.8 Å². The normalized spacial score (nSPS) is 12.2. The van der Waals surface area contributed by atoms with Gasteiger partial charge in [-0.2, -0.15) is 0 Å². The average Bonchev–Trinajstić information content (AvgIpc) is 2.53. The highest BCUT2D eigenvalue weighted by atomic mass is 19.4. The van der Waals surface area contributed by atoms with Gasteiger partial charge in [-0.1, -0.05) is 49.5 Å². The molecule has 24 heavy (non-hydrogen) atoms. The zero-order valence-corrected chi connectivity index (χ0v) is 11.3. The number of amidine groups is 2. The number of nitrogens with one attached hydrogen (secondary N) is 2. The van der Waals surface area contributed by atoms with Crippen LogP contribution in [0.4, 0.5) is 26.9 Å². The van der Waals surface area contributed by atoms with Crippen LogP contribution in [-0.4, -0.2) is 44.1 Å². The van der Waals surface area contributed by atoms with Crippen molar-refractivity contribution in [2.45, 2.75) is 5.92 Å². The van der Waals surface area contributed by atoms with Crippen LogP contribution in [-0.2, 0) is 0 Å². The maximum Gasteiger partial charge on any atom is 0.335 e. The number of hydrogen-bond acceptors (Lipinski definition) is 5. The van der Waals surface area contributed by atoms with Crippen molar-refractivity contribution in [3.05, 3.63) is 35.4 Å². The van der Waals surface area contributed by atoms with E-state index in [0.29, 0.717) is 0 Å². The smallest absolute Gasteiger partial charge is 0.335 e. The van der Waals surface area contributed by atoms with E-state index in [4.69, 9.17) is 15.9 Å². The predicted octanol–water partition coefficient (Wildman–Crippen LogP) is 2.77. The Morgan fingerprint density at radius 3 is 1.54 bits per heavy atom. The first-order chi connectivity index (χ1) is 11.1. The lowest BCUT2D eigenvalue weighted by Crippen LogP contribution is -2.42. The Hall–Kier alpha value is -2.87. The fourth-order valence-electron chi connectivity index (χ4n) is 1.64. The van der Waals surface area contributed by atoms with Crippen LogP contribution in [0, 0.1) is 10.8 Å². The van der Waals surface area contributed by atoms with E-state index in [1.165, 1.54) is 0 Å². The van der Waals surface area contributed by atoms with Gasteiger partial charge in [0.2, 0.25) is 0 Å². The Morgan fingerprint density at radius 2 is 1.25 bits per heavy atom. The largest absolute Gasteiger partial charge is 0.478 e. The molecule has 0 atom stereocenters. The van der Waals surface area contributed by atoms with E-state index in [0.717, 1.165) is 24.3 Å². The third-order valence-corrected chi connectivity index (χ3v) is 2.70. The van der Waals surface area contributed by atoms with E-state index >= 15 is 0 Å². The molecule has 132 valence electrons. The molecular formula is C10H8F6N6O2. The molecular weight excluding hydrogens is 350 g/mol. The topological polar surface area (TPSA) is 98.0 Å². The van der Waals surface area contributed by atoms with Crippen LogP contribution in [0.5, 0.6) is 0 Å². The number of aromatic carboxylic acids is 1. The van der Waals surface area contributed by atoms with Gasteiger partial charge < -0.3 is 5.11 Å². The summed E-state index contributed by atoms with van der Waals surface area (Å²) in [6.07, 6.45) is 0. The number of rotatable bonds is 6. The van der Waals surface area contributed by atoms with Crippen LogP contribution in [0.15, 0.2) is 24.3 Å². The highest BCUT2D eigenvalue weighted by molar-refractivity contribution is 6.07. The van der Waals surface area contributed by atoms with Crippen molar-refractivity contribution in [2.24, 2.45) is 0 Å². The van der Waals surface area contributed by atoms with Crippen molar-refractivity contribution < 1.29 is 36.8 Å². The second-order valence-corrected chi connectivity index (χ2v) is 4.08. The van der Waals surface area contributed by atoms with E-state index in [1.54, 1.807) is 0 Å². The lowest BCUT2D eigenvalue weighted by Gasteiger charge is -2.25. The second-order valence-electron chi connectivity index (χ2n) is 4.08. The standard InChI is InChI=1S/C10H8F6N6O2/c11-19(21(13)14)8(17)7(9(18)20(12)22(15)16)5-1-3-6(4-2-5)10(23)24/h1-4,7,17-18H,(H,23,24). The van der Waals surface area contributed by atoms with Gasteiger partial charge in [0.25, 0.3) is 0 Å². The molecule has 0 aromatic heterocycles. The van der Waals surface area contributed by atoms with Crippen LogP contribution < -0.4 is 0 Å². The van der Waals surface area contributed by atoms with E-state index < -0.39 is 50.5 Å². The molecule has 1 rings (SSSR count). The minimum absolute atomic E-state index is 0.306. The maximum absolute atomic E-state index is 13.1. The molecule has 1 aromatic carbocycles. The van der Waals surface area contributed by atoms with E-state index in [1.807, 2.05) is 0 Å². The first-order valence-electron chi connectivity index (χ1n) is 5.73. The molecule has 0 unspecified atom stereocenters. The van der Waals surface area contributed by atoms with Gasteiger partial charge in [-0.25, -0.2) is 4.79 Å². The highest BCUT2D eigenvalue weighted by Crippen LogP contribution is 2.25. The van der Waals surface area contributed by atoms with Crippen LogP contribution in [0.2, 0.25) is 0 Å². The minimum Gasteiger partial charge on any atom is -0.478 e. The first-order valence-corrected chi connectivity index (χ1v) is 5.73. The molecule has 0 fully saturated rings. The fraction of sp³-hybridized carbons (Fsp3) is 0.100. The summed E-state index contributed by atoms with van der Waals surface area (Å²) in [5.74, 6) is -7.25. The molecule has 14 heteroatoms. The third kappa shape index (κ3) is 4.11. The summed E-state index contributed by atoms with van der Waals surface area (Å²) in [5, 5.41) is 20.0. The molecule has 1 aromatic rings. The molecule has 0 spiro atoms. The number of halogens is 6. The van der Waals surface area contributed by atoms with Crippen LogP contribution in [0.1, 0.15) is 21.8 Å². The van der Waals surface area contributed by atoms with Gasteiger partial charge in [0, 0.05) is 0 Å². The monoisotopic (exact) mass is 358 g/mol. The zero-order valence-electron chi connectivity index (χ0n) is 11.3. The minimum atomic E-state index is -2.33. The molecule has 0 saturated carbocycles. The number of carboxylic acid groups (broad SMARTS) is 1. The van der Waals surface area contributed by atoms with Gasteiger partial charge in [0.15, 0.2) is 22.6 Å². The van der Waals surface area contributed by atoms with Crippen LogP contribution in [0.25, 0.3) is 0 Å². The summed E-state index contributed by atoms with van der Waals surface area (Å²) in [7, 11) is 0. The van der Waals surface area contributed by atoms with Gasteiger partial charge in [-0.15, -0.1) is 0 Å². The van der Waals surface area contributed by atoms with E-state index in [9.17, 15) is 31.7 Å². The molecule has 0 heterocycles. The van der Waals surface area contributed by atoms with Crippen molar-refractivity contribution in [1.82, 2.24) is 21.4 Å². The lowest BCUT2D eigenvalue weighted by atomic mass is 9.95. The van der Waals surface area contributed by atoms with Gasteiger partial charge in [0.1, 0.15) is 5.92 Å². The summed E-state index contributed by atoms with van der Waals surface area (Å²) >= 11 is 0. The quantitative estimate of drug-likeness (QED) is 0.238. The molecule has 8 nitrogen and oxygen atoms in total. The number of hydrazine groups is 2. The van der Waals surface area contributed by atoms with Gasteiger partial charge in [0.05, 0.1) is 5.56 Å². The van der Waals surface area contributed by atoms with Crippen LogP contribution >= 0.6 is 0 Å². The number of nitrogens with zero attached hydrogens (tertiary/aromatic N) is 4. The van der Waals surface area contributed by atoms with E-state index in [2.05, 4.69) is 0 Å². The summed E-state index contributed by atoms with van der Waals surface area (Å²) in [5.41, 5.74) is -5.21. The van der Waals surface area contributed by atoms with Gasteiger partial charge in [-0.05, 0) is 17.7 Å². The molecule has 0 amide bonds. The van der Waals surface area contributed by atoms with Crippen molar-refractivity contribution in [2.75, 3.05) is 0 Å². The van der Waals surface area contributed by atoms with E-state index in [-0.39, 0.29) is 5.56 Å². The summed E-state index contributed by atoms with van der Waals surface area (Å²) in [4.78, 5) is 10.7. The Kier molecular flexibility index (Phi) is 6.07. The second kappa shape index (κ2) is 7.60. The van der Waals surface area contributed by atoms with Crippen molar-refractivity contribution in [3.8, 4) is 0 Å². The molecule has 3 N–H and O–H groups in total. The van der Waals surface area contributed by atoms with Crippen molar-refractivity contribution in [3.63, 3.8) is 0 Å². The summed E-state index contributed by atoms with van der Waals surface area (Å²) in [6, 6.07) is 3.42. The third-order valence-electron chi connectivity index (χ3n) is 2.70. The Labute approximate surface area is 129 Å². The Balaban J connectivity index is 3.29. The number of carbonyl (C=O) groups is 1. The molecule has 0 saturated heterocycles. The zero-order chi connectivity index (χ0) is 18.6. The maximum atomic E-state index is 13.1. The average molecular weight is 358 g/mol. The van der Waals surface area contributed by atoms with Crippen LogP contribution in [0.3, 0.4) is 0 Å².